The summed E-state index contributed by atoms with van der Waals surface area (Å²) in [4.78, 5) is 12.6. The molecule has 2 aromatic carbocycles. The Balaban J connectivity index is 2.18. The van der Waals surface area contributed by atoms with Gasteiger partial charge >= 0.3 is 0 Å². The first kappa shape index (κ1) is 23.0. The maximum atomic E-state index is 13.2. The second kappa shape index (κ2) is 9.98. The van der Waals surface area contributed by atoms with Gasteiger partial charge in [-0.3, -0.25) is 9.10 Å². The summed E-state index contributed by atoms with van der Waals surface area (Å²) < 4.78 is 28.6. The van der Waals surface area contributed by atoms with Crippen LogP contribution in [0.2, 0.25) is 0 Å². The predicted octanol–water partition coefficient (Wildman–Crippen LogP) is 4.13. The van der Waals surface area contributed by atoms with E-state index in [-0.39, 0.29) is 22.1 Å². The Morgan fingerprint density at radius 2 is 1.68 bits per heavy atom. The van der Waals surface area contributed by atoms with Crippen molar-refractivity contribution in [2.24, 2.45) is 0 Å². The van der Waals surface area contributed by atoms with E-state index in [1.165, 1.54) is 12.1 Å². The molecule has 0 unspecified atom stereocenters. The highest BCUT2D eigenvalue weighted by molar-refractivity contribution is 14.1. The molecule has 0 aliphatic carbocycles. The van der Waals surface area contributed by atoms with Gasteiger partial charge in [0, 0.05) is 20.6 Å². The Labute approximate surface area is 185 Å². The number of nitrogens with zero attached hydrogens (tertiary/aromatic N) is 1. The highest BCUT2D eigenvalue weighted by atomic mass is 127. The van der Waals surface area contributed by atoms with E-state index in [1.807, 2.05) is 12.1 Å². The fourth-order valence-corrected chi connectivity index (χ4v) is 4.99. The SMILES string of the molecule is CC(C)(C)SCCNC(=O)CN(c1ccc(I)cc1)S(=O)(=O)c1ccccc1. The second-order valence-electron chi connectivity index (χ2n) is 7.11. The molecule has 152 valence electrons. The number of benzene rings is 2. The van der Waals surface area contributed by atoms with Gasteiger partial charge in [0.15, 0.2) is 0 Å². The predicted molar refractivity (Wildman–Crippen MR) is 125 cm³/mol. The molecule has 0 saturated carbocycles. The number of hydrogen-bond donors (Lipinski definition) is 1. The van der Waals surface area contributed by atoms with E-state index in [1.54, 1.807) is 42.1 Å². The molecule has 0 saturated heterocycles. The van der Waals surface area contributed by atoms with Crippen LogP contribution in [0.1, 0.15) is 20.8 Å². The maximum Gasteiger partial charge on any atom is 0.264 e. The van der Waals surface area contributed by atoms with Crippen LogP contribution in [0.25, 0.3) is 0 Å². The van der Waals surface area contributed by atoms with Gasteiger partial charge in [-0.15, -0.1) is 0 Å². The lowest BCUT2D eigenvalue weighted by atomic mass is 10.3. The number of hydrogen-bond acceptors (Lipinski definition) is 4. The number of halogens is 1. The Hall–Kier alpha value is -1.26. The monoisotopic (exact) mass is 532 g/mol. The second-order valence-corrected chi connectivity index (χ2v) is 12.1. The highest BCUT2D eigenvalue weighted by Gasteiger charge is 2.27. The number of anilines is 1. The molecule has 0 aromatic heterocycles. The highest BCUT2D eigenvalue weighted by Crippen LogP contribution is 2.24. The fourth-order valence-electron chi connectivity index (χ4n) is 2.38. The number of thioether (sulfide) groups is 1. The number of carbonyl (C=O) groups excluding carboxylic acids is 1. The van der Waals surface area contributed by atoms with Crippen molar-refractivity contribution in [3.05, 3.63) is 58.2 Å². The third-order valence-electron chi connectivity index (χ3n) is 3.69. The third kappa shape index (κ3) is 6.97. The quantitative estimate of drug-likeness (QED) is 0.410. The van der Waals surface area contributed by atoms with Crippen molar-refractivity contribution in [2.45, 2.75) is 30.4 Å². The standard InChI is InChI=1S/C20H25IN2O3S2/c1-20(2,3)27-14-13-22-19(24)15-23(17-11-9-16(21)10-12-17)28(25,26)18-7-5-4-6-8-18/h4-12H,13-15H2,1-3H3,(H,22,24). The van der Waals surface area contributed by atoms with Crippen molar-refractivity contribution in [1.29, 1.82) is 0 Å². The Kier molecular flexibility index (Phi) is 8.20. The van der Waals surface area contributed by atoms with E-state index >= 15 is 0 Å². The molecular formula is C20H25IN2O3S2. The van der Waals surface area contributed by atoms with Crippen molar-refractivity contribution in [3.8, 4) is 0 Å². The molecule has 5 nitrogen and oxygen atoms in total. The molecule has 0 heterocycles. The largest absolute Gasteiger partial charge is 0.354 e. The summed E-state index contributed by atoms with van der Waals surface area (Å²) in [6.45, 7) is 6.57. The van der Waals surface area contributed by atoms with Gasteiger partial charge in [-0.1, -0.05) is 39.0 Å². The maximum absolute atomic E-state index is 13.2. The van der Waals surface area contributed by atoms with Gasteiger partial charge in [0.2, 0.25) is 5.91 Å². The molecule has 0 aliphatic heterocycles. The van der Waals surface area contributed by atoms with E-state index < -0.39 is 10.0 Å². The molecule has 1 N–H and O–H groups in total. The molecule has 0 radical (unpaired) electrons. The molecule has 0 bridgehead atoms. The molecule has 8 heteroatoms. The molecule has 28 heavy (non-hydrogen) atoms. The smallest absolute Gasteiger partial charge is 0.264 e. The van der Waals surface area contributed by atoms with Gasteiger partial charge in [0.25, 0.3) is 10.0 Å². The van der Waals surface area contributed by atoms with E-state index in [0.29, 0.717) is 12.2 Å². The Morgan fingerprint density at radius 1 is 1.07 bits per heavy atom. The number of sulfonamides is 1. The summed E-state index contributed by atoms with van der Waals surface area (Å²) in [5, 5.41) is 2.82. The molecule has 0 fully saturated rings. The normalized spacial score (nSPS) is 11.9. The van der Waals surface area contributed by atoms with Gasteiger partial charge in [-0.2, -0.15) is 11.8 Å². The van der Waals surface area contributed by atoms with E-state index in [2.05, 4.69) is 48.7 Å². The summed E-state index contributed by atoms with van der Waals surface area (Å²) in [5.41, 5.74) is 0.462. The number of nitrogens with one attached hydrogen (secondary N) is 1. The zero-order valence-electron chi connectivity index (χ0n) is 16.2. The van der Waals surface area contributed by atoms with Gasteiger partial charge in [0.05, 0.1) is 10.6 Å². The first-order chi connectivity index (χ1) is 13.1. The van der Waals surface area contributed by atoms with Crippen LogP contribution in [-0.4, -0.2) is 37.9 Å². The van der Waals surface area contributed by atoms with Crippen molar-refractivity contribution >= 4 is 56.0 Å². The molecule has 2 rings (SSSR count). The van der Waals surface area contributed by atoms with Crippen molar-refractivity contribution in [2.75, 3.05) is 23.1 Å². The topological polar surface area (TPSA) is 66.5 Å². The average molecular weight is 532 g/mol. The number of carbonyl (C=O) groups is 1. The van der Waals surface area contributed by atoms with Crippen LogP contribution in [0.15, 0.2) is 59.5 Å². The molecule has 1 amide bonds. The molecule has 0 atom stereocenters. The molecule has 0 spiro atoms. The van der Waals surface area contributed by atoms with Crippen molar-refractivity contribution in [1.82, 2.24) is 5.32 Å². The van der Waals surface area contributed by atoms with Crippen LogP contribution in [0, 0.1) is 3.57 Å². The summed E-state index contributed by atoms with van der Waals surface area (Å²) >= 11 is 3.90. The zero-order valence-corrected chi connectivity index (χ0v) is 20.0. The fraction of sp³-hybridized carbons (Fsp3) is 0.350. The molecule has 2 aromatic rings. The summed E-state index contributed by atoms with van der Waals surface area (Å²) in [6.07, 6.45) is 0. The van der Waals surface area contributed by atoms with Crippen LogP contribution in [0.3, 0.4) is 0 Å². The van der Waals surface area contributed by atoms with Crippen molar-refractivity contribution in [3.63, 3.8) is 0 Å². The summed E-state index contributed by atoms with van der Waals surface area (Å²) in [5.74, 6) is 0.442. The van der Waals surface area contributed by atoms with Crippen LogP contribution in [0.4, 0.5) is 5.69 Å². The third-order valence-corrected chi connectivity index (χ3v) is 7.47. The summed E-state index contributed by atoms with van der Waals surface area (Å²) in [6, 6.07) is 15.2. The number of amides is 1. The van der Waals surface area contributed by atoms with E-state index in [0.717, 1.165) is 13.6 Å². The minimum Gasteiger partial charge on any atom is -0.354 e. The van der Waals surface area contributed by atoms with Gasteiger partial charge in [-0.25, -0.2) is 8.42 Å². The van der Waals surface area contributed by atoms with Crippen molar-refractivity contribution < 1.29 is 13.2 Å². The molecule has 0 aliphatic rings. The van der Waals surface area contributed by atoms with Gasteiger partial charge < -0.3 is 5.32 Å². The average Bonchev–Trinajstić information content (AvgIpc) is 2.64. The lowest BCUT2D eigenvalue weighted by Crippen LogP contribution is -2.41. The molecular weight excluding hydrogens is 507 g/mol. The van der Waals surface area contributed by atoms with E-state index in [9.17, 15) is 13.2 Å². The van der Waals surface area contributed by atoms with Crippen LogP contribution in [0.5, 0.6) is 0 Å². The van der Waals surface area contributed by atoms with Crippen LogP contribution < -0.4 is 9.62 Å². The van der Waals surface area contributed by atoms with Gasteiger partial charge in [-0.05, 0) is 59.0 Å². The Bertz CT molecular complexity index is 880. The number of rotatable bonds is 8. The zero-order chi connectivity index (χ0) is 20.8. The Morgan fingerprint density at radius 3 is 2.25 bits per heavy atom. The first-order valence-electron chi connectivity index (χ1n) is 8.83. The van der Waals surface area contributed by atoms with Crippen LogP contribution >= 0.6 is 34.4 Å². The minimum atomic E-state index is -3.85. The van der Waals surface area contributed by atoms with Crippen LogP contribution in [-0.2, 0) is 14.8 Å². The lowest BCUT2D eigenvalue weighted by molar-refractivity contribution is -0.119. The summed E-state index contributed by atoms with van der Waals surface area (Å²) in [7, 11) is -3.85. The van der Waals surface area contributed by atoms with Gasteiger partial charge in [0.1, 0.15) is 6.54 Å². The first-order valence-corrected chi connectivity index (χ1v) is 12.3. The van der Waals surface area contributed by atoms with E-state index in [4.69, 9.17) is 0 Å². The lowest BCUT2D eigenvalue weighted by Gasteiger charge is -2.24. The minimum absolute atomic E-state index is 0.120.